The highest BCUT2D eigenvalue weighted by molar-refractivity contribution is 6.34. The lowest BCUT2D eigenvalue weighted by Gasteiger charge is -2.38. The second-order valence-electron chi connectivity index (χ2n) is 8.50. The third-order valence-electron chi connectivity index (χ3n) is 6.29. The minimum Gasteiger partial charge on any atom is -0.452 e. The molecule has 2 aromatic rings. The van der Waals surface area contributed by atoms with Gasteiger partial charge in [0.25, 0.3) is 17.7 Å². The van der Waals surface area contributed by atoms with Gasteiger partial charge in [-0.2, -0.15) is 0 Å². The second kappa shape index (κ2) is 8.57. The summed E-state index contributed by atoms with van der Waals surface area (Å²) < 4.78 is 5.25. The molecule has 0 bridgehead atoms. The van der Waals surface area contributed by atoms with Crippen LogP contribution in [0.15, 0.2) is 42.5 Å². The SMILES string of the molecule is Cc1ccccc1N1C(=O)c2ccc(C(=O)OCC(=O)N3[C@@H](C)CCC[C@@H]3C)cc2C1=O. The fraction of sp³-hybridized carbons (Fsp3) is 0.360. The van der Waals surface area contributed by atoms with Crippen molar-refractivity contribution in [3.63, 3.8) is 0 Å². The van der Waals surface area contributed by atoms with Crippen LogP contribution in [0.4, 0.5) is 5.69 Å². The zero-order valence-corrected chi connectivity index (χ0v) is 18.5. The Morgan fingerprint density at radius 2 is 1.62 bits per heavy atom. The zero-order valence-electron chi connectivity index (χ0n) is 18.5. The Balaban J connectivity index is 1.49. The molecule has 0 aromatic heterocycles. The first-order valence-electron chi connectivity index (χ1n) is 10.9. The summed E-state index contributed by atoms with van der Waals surface area (Å²) in [5.41, 5.74) is 1.82. The van der Waals surface area contributed by atoms with Crippen LogP contribution in [0.1, 0.15) is 69.7 Å². The summed E-state index contributed by atoms with van der Waals surface area (Å²) in [6, 6.07) is 11.6. The fourth-order valence-corrected chi connectivity index (χ4v) is 4.60. The summed E-state index contributed by atoms with van der Waals surface area (Å²) in [6.45, 7) is 5.47. The number of likely N-dealkylation sites (tertiary alicyclic amines) is 1. The monoisotopic (exact) mass is 434 g/mol. The smallest absolute Gasteiger partial charge is 0.338 e. The lowest BCUT2D eigenvalue weighted by atomic mass is 9.97. The molecule has 0 radical (unpaired) electrons. The van der Waals surface area contributed by atoms with E-state index in [9.17, 15) is 19.2 Å². The Bertz CT molecular complexity index is 1100. The Labute approximate surface area is 187 Å². The fourth-order valence-electron chi connectivity index (χ4n) is 4.60. The second-order valence-corrected chi connectivity index (χ2v) is 8.50. The summed E-state index contributed by atoms with van der Waals surface area (Å²) in [6.07, 6.45) is 2.94. The molecule has 166 valence electrons. The number of anilines is 1. The van der Waals surface area contributed by atoms with E-state index in [4.69, 9.17) is 4.74 Å². The van der Waals surface area contributed by atoms with E-state index < -0.39 is 17.8 Å². The normalized spacial score (nSPS) is 20.3. The molecule has 2 aromatic carbocycles. The molecule has 32 heavy (non-hydrogen) atoms. The molecule has 0 saturated carbocycles. The molecular weight excluding hydrogens is 408 g/mol. The van der Waals surface area contributed by atoms with Crippen molar-refractivity contribution in [3.05, 3.63) is 64.7 Å². The number of carbonyl (C=O) groups excluding carboxylic acids is 4. The van der Waals surface area contributed by atoms with Crippen LogP contribution in [-0.4, -0.2) is 47.3 Å². The number of rotatable bonds is 4. The molecule has 2 aliphatic rings. The van der Waals surface area contributed by atoms with Crippen LogP contribution in [0, 0.1) is 6.92 Å². The number of carbonyl (C=O) groups is 4. The van der Waals surface area contributed by atoms with Crippen molar-refractivity contribution in [2.45, 2.75) is 52.1 Å². The van der Waals surface area contributed by atoms with Crippen molar-refractivity contribution in [1.29, 1.82) is 0 Å². The number of benzene rings is 2. The van der Waals surface area contributed by atoms with E-state index in [0.29, 0.717) is 5.69 Å². The molecule has 7 nitrogen and oxygen atoms in total. The Morgan fingerprint density at radius 3 is 2.31 bits per heavy atom. The van der Waals surface area contributed by atoms with Gasteiger partial charge in [-0.15, -0.1) is 0 Å². The summed E-state index contributed by atoms with van der Waals surface area (Å²) >= 11 is 0. The number of hydrogen-bond acceptors (Lipinski definition) is 5. The zero-order chi connectivity index (χ0) is 23.0. The van der Waals surface area contributed by atoms with Crippen LogP contribution in [-0.2, 0) is 9.53 Å². The van der Waals surface area contributed by atoms with Crippen molar-refractivity contribution in [3.8, 4) is 0 Å². The van der Waals surface area contributed by atoms with Gasteiger partial charge in [0.15, 0.2) is 6.61 Å². The third kappa shape index (κ3) is 3.79. The highest BCUT2D eigenvalue weighted by Gasteiger charge is 2.38. The molecule has 2 heterocycles. The van der Waals surface area contributed by atoms with Crippen molar-refractivity contribution >= 4 is 29.4 Å². The number of imide groups is 1. The molecular formula is C25H26N2O5. The average Bonchev–Trinajstić information content (AvgIpc) is 3.02. The van der Waals surface area contributed by atoms with Crippen LogP contribution >= 0.6 is 0 Å². The molecule has 2 atom stereocenters. The molecule has 2 aliphatic heterocycles. The van der Waals surface area contributed by atoms with Crippen LogP contribution in [0.2, 0.25) is 0 Å². The average molecular weight is 434 g/mol. The highest BCUT2D eigenvalue weighted by atomic mass is 16.5. The molecule has 4 rings (SSSR count). The van der Waals surface area contributed by atoms with Gasteiger partial charge in [-0.25, -0.2) is 9.69 Å². The van der Waals surface area contributed by atoms with Crippen LogP contribution < -0.4 is 4.90 Å². The standard InChI is InChI=1S/C25H26N2O5/c1-15-7-4-5-10-21(15)27-23(29)19-12-11-18(13-20(19)24(27)30)25(31)32-14-22(28)26-16(2)8-6-9-17(26)3/h4-5,7,10-13,16-17H,6,8-9,14H2,1-3H3/t16-,17-/m0/s1. The van der Waals surface area contributed by atoms with E-state index in [2.05, 4.69) is 0 Å². The van der Waals surface area contributed by atoms with Gasteiger partial charge in [0.2, 0.25) is 0 Å². The first-order chi connectivity index (χ1) is 15.3. The van der Waals surface area contributed by atoms with Crippen molar-refractivity contribution in [1.82, 2.24) is 4.90 Å². The van der Waals surface area contributed by atoms with Crippen LogP contribution in [0.25, 0.3) is 0 Å². The van der Waals surface area contributed by atoms with Gasteiger partial charge in [-0.1, -0.05) is 18.2 Å². The lowest BCUT2D eigenvalue weighted by Crippen LogP contribution is -2.49. The minimum atomic E-state index is -0.701. The number of piperidine rings is 1. The molecule has 0 unspecified atom stereocenters. The van der Waals surface area contributed by atoms with E-state index in [1.54, 1.807) is 17.0 Å². The molecule has 1 saturated heterocycles. The highest BCUT2D eigenvalue weighted by Crippen LogP contribution is 2.31. The van der Waals surface area contributed by atoms with Crippen LogP contribution in [0.3, 0.4) is 0 Å². The summed E-state index contributed by atoms with van der Waals surface area (Å²) in [5, 5.41) is 0. The molecule has 3 amide bonds. The Morgan fingerprint density at radius 1 is 0.969 bits per heavy atom. The van der Waals surface area contributed by atoms with Gasteiger partial charge in [-0.05, 0) is 69.9 Å². The van der Waals surface area contributed by atoms with E-state index in [0.717, 1.165) is 29.7 Å². The quantitative estimate of drug-likeness (QED) is 0.541. The number of hydrogen-bond donors (Lipinski definition) is 0. The number of para-hydroxylation sites is 1. The number of ether oxygens (including phenoxy) is 1. The van der Waals surface area contributed by atoms with Gasteiger partial charge in [-0.3, -0.25) is 14.4 Å². The summed E-state index contributed by atoms with van der Waals surface area (Å²) in [7, 11) is 0. The van der Waals surface area contributed by atoms with Gasteiger partial charge < -0.3 is 9.64 Å². The number of nitrogens with zero attached hydrogens (tertiary/aromatic N) is 2. The van der Waals surface area contributed by atoms with E-state index in [1.807, 2.05) is 32.9 Å². The molecule has 0 spiro atoms. The Hall–Kier alpha value is -3.48. The maximum Gasteiger partial charge on any atom is 0.338 e. The van der Waals surface area contributed by atoms with Crippen molar-refractivity contribution in [2.24, 2.45) is 0 Å². The van der Waals surface area contributed by atoms with E-state index >= 15 is 0 Å². The van der Waals surface area contributed by atoms with E-state index in [1.165, 1.54) is 18.2 Å². The summed E-state index contributed by atoms with van der Waals surface area (Å²) in [4.78, 5) is 53.9. The largest absolute Gasteiger partial charge is 0.452 e. The van der Waals surface area contributed by atoms with Gasteiger partial charge in [0, 0.05) is 12.1 Å². The number of aryl methyl sites for hydroxylation is 1. The van der Waals surface area contributed by atoms with Gasteiger partial charge in [0.1, 0.15) is 0 Å². The number of fused-ring (bicyclic) bond motifs is 1. The van der Waals surface area contributed by atoms with Crippen LogP contribution in [0.5, 0.6) is 0 Å². The lowest BCUT2D eigenvalue weighted by molar-refractivity contribution is -0.140. The molecule has 0 N–H and O–H groups in total. The Kier molecular flexibility index (Phi) is 5.82. The predicted octanol–water partition coefficient (Wildman–Crippen LogP) is 3.74. The van der Waals surface area contributed by atoms with Crippen molar-refractivity contribution in [2.75, 3.05) is 11.5 Å². The third-order valence-corrected chi connectivity index (χ3v) is 6.29. The topological polar surface area (TPSA) is 84.0 Å². The maximum absolute atomic E-state index is 13.0. The number of amides is 3. The molecule has 0 aliphatic carbocycles. The van der Waals surface area contributed by atoms with Gasteiger partial charge >= 0.3 is 5.97 Å². The first-order valence-corrected chi connectivity index (χ1v) is 10.9. The van der Waals surface area contributed by atoms with Crippen molar-refractivity contribution < 1.29 is 23.9 Å². The predicted molar refractivity (Wildman–Crippen MR) is 119 cm³/mol. The molecule has 7 heteroatoms. The minimum absolute atomic E-state index is 0.112. The number of esters is 1. The molecule has 1 fully saturated rings. The first kappa shape index (κ1) is 21.7. The maximum atomic E-state index is 13.0. The summed E-state index contributed by atoms with van der Waals surface area (Å²) in [5.74, 6) is -1.84. The van der Waals surface area contributed by atoms with Gasteiger partial charge in [0.05, 0.1) is 22.4 Å². The van der Waals surface area contributed by atoms with E-state index in [-0.39, 0.29) is 41.3 Å².